The molecular formula is C9H10N2O3. The van der Waals surface area contributed by atoms with Crippen molar-refractivity contribution in [2.45, 2.75) is 12.8 Å². The first-order valence-corrected chi connectivity index (χ1v) is 4.44. The van der Waals surface area contributed by atoms with Crippen molar-refractivity contribution in [2.75, 3.05) is 6.61 Å². The quantitative estimate of drug-likeness (QED) is 0.772. The van der Waals surface area contributed by atoms with Crippen molar-refractivity contribution in [1.29, 1.82) is 0 Å². The molecular weight excluding hydrogens is 184 g/mol. The van der Waals surface area contributed by atoms with Crippen LogP contribution in [-0.4, -0.2) is 27.7 Å². The number of carbonyl (C=O) groups is 1. The van der Waals surface area contributed by atoms with E-state index in [0.717, 1.165) is 0 Å². The monoisotopic (exact) mass is 194 g/mol. The van der Waals surface area contributed by atoms with E-state index in [1.807, 2.05) is 0 Å². The molecule has 0 spiro atoms. The minimum atomic E-state index is -1.07. The second-order valence-corrected chi connectivity index (χ2v) is 3.30. The molecule has 0 unspecified atom stereocenters. The molecule has 1 heterocycles. The van der Waals surface area contributed by atoms with Crippen LogP contribution >= 0.6 is 0 Å². The van der Waals surface area contributed by atoms with Crippen molar-refractivity contribution in [3.8, 4) is 5.88 Å². The molecule has 5 nitrogen and oxygen atoms in total. The van der Waals surface area contributed by atoms with Gasteiger partial charge in [-0.15, -0.1) is 0 Å². The van der Waals surface area contributed by atoms with Crippen molar-refractivity contribution in [3.63, 3.8) is 0 Å². The van der Waals surface area contributed by atoms with E-state index in [0.29, 0.717) is 18.4 Å². The zero-order valence-electron chi connectivity index (χ0n) is 7.51. The maximum atomic E-state index is 10.6. The lowest BCUT2D eigenvalue weighted by atomic mass is 10.4. The molecule has 0 bridgehead atoms. The minimum absolute atomic E-state index is 0.0363. The Morgan fingerprint density at radius 3 is 3.00 bits per heavy atom. The van der Waals surface area contributed by atoms with Crippen LogP contribution < -0.4 is 4.74 Å². The van der Waals surface area contributed by atoms with E-state index in [-0.39, 0.29) is 5.69 Å². The lowest BCUT2D eigenvalue weighted by Gasteiger charge is -2.03. The third kappa shape index (κ3) is 2.18. The summed E-state index contributed by atoms with van der Waals surface area (Å²) in [5.74, 6) is -0.105. The van der Waals surface area contributed by atoms with Gasteiger partial charge in [-0.3, -0.25) is 0 Å². The Labute approximate surface area is 80.8 Å². The summed E-state index contributed by atoms with van der Waals surface area (Å²) in [6.45, 7) is 0.621. The van der Waals surface area contributed by atoms with Crippen molar-refractivity contribution in [2.24, 2.45) is 5.92 Å². The third-order valence-corrected chi connectivity index (χ3v) is 2.02. The van der Waals surface area contributed by atoms with E-state index in [4.69, 9.17) is 9.84 Å². The van der Waals surface area contributed by atoms with E-state index in [9.17, 15) is 4.79 Å². The summed E-state index contributed by atoms with van der Waals surface area (Å²) in [6, 6.07) is 1.34. The minimum Gasteiger partial charge on any atom is -0.477 e. The molecule has 0 radical (unpaired) electrons. The Balaban J connectivity index is 2.01. The molecule has 2 rings (SSSR count). The number of carboxylic acid groups (broad SMARTS) is 1. The largest absolute Gasteiger partial charge is 0.477 e. The molecule has 5 heteroatoms. The molecule has 74 valence electrons. The highest BCUT2D eigenvalue weighted by atomic mass is 16.5. The Morgan fingerprint density at radius 1 is 1.57 bits per heavy atom. The van der Waals surface area contributed by atoms with Gasteiger partial charge in [-0.05, 0) is 18.8 Å². The average Bonchev–Trinajstić information content (AvgIpc) is 2.99. The Kier molecular flexibility index (Phi) is 2.30. The summed E-state index contributed by atoms with van der Waals surface area (Å²) < 4.78 is 5.31. The number of carboxylic acids is 1. The fourth-order valence-electron chi connectivity index (χ4n) is 1.02. The zero-order chi connectivity index (χ0) is 9.97. The molecule has 0 aromatic carbocycles. The van der Waals surface area contributed by atoms with Crippen LogP contribution in [0.25, 0.3) is 0 Å². The number of hydrogen-bond acceptors (Lipinski definition) is 4. The predicted octanol–water partition coefficient (Wildman–Crippen LogP) is 0.964. The SMILES string of the molecule is O=C(O)c1cc(OCC2CC2)ncn1. The Bertz CT molecular complexity index is 350. The predicted molar refractivity (Wildman–Crippen MR) is 47.2 cm³/mol. The molecule has 14 heavy (non-hydrogen) atoms. The van der Waals surface area contributed by atoms with Crippen molar-refractivity contribution < 1.29 is 14.6 Å². The van der Waals surface area contributed by atoms with E-state index in [1.54, 1.807) is 0 Å². The van der Waals surface area contributed by atoms with Crippen molar-refractivity contribution >= 4 is 5.97 Å². The first-order valence-electron chi connectivity index (χ1n) is 4.44. The number of hydrogen-bond donors (Lipinski definition) is 1. The van der Waals surface area contributed by atoms with Crippen LogP contribution in [0.4, 0.5) is 0 Å². The Morgan fingerprint density at radius 2 is 2.36 bits per heavy atom. The summed E-state index contributed by atoms with van der Waals surface area (Å²) in [5.41, 5.74) is -0.0363. The van der Waals surface area contributed by atoms with Gasteiger partial charge in [0.1, 0.15) is 6.33 Å². The van der Waals surface area contributed by atoms with E-state index < -0.39 is 5.97 Å². The number of rotatable bonds is 4. The van der Waals surface area contributed by atoms with Crippen molar-refractivity contribution in [3.05, 3.63) is 18.1 Å². The molecule has 0 saturated heterocycles. The summed E-state index contributed by atoms with van der Waals surface area (Å²) in [7, 11) is 0. The van der Waals surface area contributed by atoms with Gasteiger partial charge >= 0.3 is 5.97 Å². The van der Waals surface area contributed by atoms with E-state index in [1.165, 1.54) is 25.2 Å². The number of nitrogens with zero attached hydrogens (tertiary/aromatic N) is 2. The molecule has 0 aliphatic heterocycles. The fraction of sp³-hybridized carbons (Fsp3) is 0.444. The molecule has 1 aromatic heterocycles. The maximum absolute atomic E-state index is 10.6. The highest BCUT2D eigenvalue weighted by molar-refractivity contribution is 5.85. The molecule has 1 aliphatic carbocycles. The first kappa shape index (κ1) is 8.93. The summed E-state index contributed by atoms with van der Waals surface area (Å²) in [6.07, 6.45) is 3.58. The average molecular weight is 194 g/mol. The van der Waals surface area contributed by atoms with Gasteiger partial charge in [0.15, 0.2) is 5.69 Å². The molecule has 1 aromatic rings. The second kappa shape index (κ2) is 3.61. The van der Waals surface area contributed by atoms with Gasteiger partial charge < -0.3 is 9.84 Å². The fourth-order valence-corrected chi connectivity index (χ4v) is 1.02. The lowest BCUT2D eigenvalue weighted by Crippen LogP contribution is -2.05. The third-order valence-electron chi connectivity index (χ3n) is 2.02. The van der Waals surface area contributed by atoms with Gasteiger partial charge in [-0.1, -0.05) is 0 Å². The van der Waals surface area contributed by atoms with Gasteiger partial charge in [0.2, 0.25) is 5.88 Å². The number of aromatic nitrogens is 2. The second-order valence-electron chi connectivity index (χ2n) is 3.30. The van der Waals surface area contributed by atoms with Crippen molar-refractivity contribution in [1.82, 2.24) is 9.97 Å². The maximum Gasteiger partial charge on any atom is 0.354 e. The van der Waals surface area contributed by atoms with Crippen LogP contribution in [0.1, 0.15) is 23.3 Å². The topological polar surface area (TPSA) is 72.3 Å². The normalized spacial score (nSPS) is 15.1. The first-order chi connectivity index (χ1) is 6.75. The van der Waals surface area contributed by atoms with Crippen LogP contribution in [0, 0.1) is 5.92 Å². The van der Waals surface area contributed by atoms with E-state index >= 15 is 0 Å². The molecule has 0 atom stereocenters. The smallest absolute Gasteiger partial charge is 0.354 e. The highest BCUT2D eigenvalue weighted by Gasteiger charge is 2.22. The van der Waals surface area contributed by atoms with Gasteiger partial charge in [-0.25, -0.2) is 14.8 Å². The zero-order valence-corrected chi connectivity index (χ0v) is 7.51. The molecule has 1 N–H and O–H groups in total. The number of aromatic carboxylic acids is 1. The molecule has 1 saturated carbocycles. The standard InChI is InChI=1S/C9H10N2O3/c12-9(13)7-3-8(11-5-10-7)14-4-6-1-2-6/h3,5-6H,1-2,4H2,(H,12,13). The van der Waals surface area contributed by atoms with Crippen LogP contribution in [0.5, 0.6) is 5.88 Å². The summed E-state index contributed by atoms with van der Waals surface area (Å²) >= 11 is 0. The highest BCUT2D eigenvalue weighted by Crippen LogP contribution is 2.29. The molecule has 1 aliphatic rings. The molecule has 0 amide bonds. The lowest BCUT2D eigenvalue weighted by molar-refractivity contribution is 0.0689. The summed E-state index contributed by atoms with van der Waals surface area (Å²) in [5, 5.41) is 8.65. The van der Waals surface area contributed by atoms with Crippen LogP contribution in [0.15, 0.2) is 12.4 Å². The van der Waals surface area contributed by atoms with Gasteiger partial charge in [0.05, 0.1) is 6.61 Å². The molecule has 1 fully saturated rings. The van der Waals surface area contributed by atoms with Gasteiger partial charge in [0.25, 0.3) is 0 Å². The van der Waals surface area contributed by atoms with E-state index in [2.05, 4.69) is 9.97 Å². The summed E-state index contributed by atoms with van der Waals surface area (Å²) in [4.78, 5) is 18.0. The van der Waals surface area contributed by atoms with Crippen LogP contribution in [0.2, 0.25) is 0 Å². The van der Waals surface area contributed by atoms with Gasteiger partial charge in [-0.2, -0.15) is 0 Å². The van der Waals surface area contributed by atoms with Crippen LogP contribution in [-0.2, 0) is 0 Å². The Hall–Kier alpha value is -1.65. The number of ether oxygens (including phenoxy) is 1. The van der Waals surface area contributed by atoms with Crippen LogP contribution in [0.3, 0.4) is 0 Å². The van der Waals surface area contributed by atoms with Gasteiger partial charge in [0, 0.05) is 6.07 Å².